The van der Waals surface area contributed by atoms with Gasteiger partial charge in [-0.3, -0.25) is 4.79 Å². The largest absolute Gasteiger partial charge is 0.491 e. The van der Waals surface area contributed by atoms with Gasteiger partial charge in [-0.05, 0) is 19.9 Å². The molecule has 9 nitrogen and oxygen atoms in total. The minimum Gasteiger partial charge on any atom is -0.491 e. The van der Waals surface area contributed by atoms with E-state index in [1.165, 1.54) is 45.7 Å². The number of alkyl halides is 3. The number of carbonyl (C=O) groups is 1. The number of amides is 1. The first-order valence-corrected chi connectivity index (χ1v) is 12.5. The lowest BCUT2D eigenvalue weighted by Crippen LogP contribution is -2.47. The number of hydrogen-bond donors (Lipinski definition) is 1. The number of benzene rings is 1. The molecule has 0 saturated carbocycles. The molecule has 1 amide bonds. The number of aromatic nitrogens is 2. The van der Waals surface area contributed by atoms with Gasteiger partial charge in [0.2, 0.25) is 11.5 Å². The summed E-state index contributed by atoms with van der Waals surface area (Å²) < 4.78 is 84.5. The molecule has 0 bridgehead atoms. The molecule has 0 spiro atoms. The number of carbonyl (C=O) groups excluding carboxylic acids is 1. The molecule has 3 heterocycles. The maximum Gasteiger partial charge on any atom is 0.417 e. The Balaban J connectivity index is 1.66. The maximum absolute atomic E-state index is 14.5. The van der Waals surface area contributed by atoms with Gasteiger partial charge in [0.25, 0.3) is 5.91 Å². The van der Waals surface area contributed by atoms with Gasteiger partial charge in [-0.2, -0.15) is 13.2 Å². The summed E-state index contributed by atoms with van der Waals surface area (Å²) in [4.78, 5) is 21.8. The van der Waals surface area contributed by atoms with E-state index in [0.717, 1.165) is 13.0 Å². The molecule has 1 aromatic heterocycles. The molecule has 1 N–H and O–H groups in total. The topological polar surface area (TPSA) is 101 Å². The minimum atomic E-state index is -4.80. The van der Waals surface area contributed by atoms with Crippen LogP contribution >= 0.6 is 0 Å². The van der Waals surface area contributed by atoms with Gasteiger partial charge in [0.05, 0.1) is 24.7 Å². The lowest BCUT2D eigenvalue weighted by molar-refractivity contribution is -0.272. The quantitative estimate of drug-likeness (QED) is 0.346. The lowest BCUT2D eigenvalue weighted by atomic mass is 9.76. The SMILES string of the molecule is COCCOc1c([C@H]2[C@H](C(=O)Nc3cnc(C4=COC(C)(C)O4)nc3)O[C@@](C)(C(F)(F)F)[C@H]2C)ccc(F)c1C. The third-order valence-corrected chi connectivity index (χ3v) is 7.14. The van der Waals surface area contributed by atoms with E-state index in [1.54, 1.807) is 13.8 Å². The molecule has 218 valence electrons. The van der Waals surface area contributed by atoms with Gasteiger partial charge in [-0.1, -0.05) is 13.0 Å². The van der Waals surface area contributed by atoms with Crippen LogP contribution in [0.1, 0.15) is 50.6 Å². The molecule has 1 aromatic carbocycles. The van der Waals surface area contributed by atoms with Crippen molar-refractivity contribution in [1.82, 2.24) is 9.97 Å². The number of hydrogen-bond acceptors (Lipinski definition) is 8. The second kappa shape index (κ2) is 10.8. The first-order valence-electron chi connectivity index (χ1n) is 12.5. The smallest absolute Gasteiger partial charge is 0.417 e. The monoisotopic (exact) mass is 569 g/mol. The molecular formula is C27H31F4N3O6. The summed E-state index contributed by atoms with van der Waals surface area (Å²) in [5.74, 6) is -4.20. The first-order chi connectivity index (χ1) is 18.7. The van der Waals surface area contributed by atoms with E-state index in [0.29, 0.717) is 0 Å². The van der Waals surface area contributed by atoms with Crippen LogP contribution in [0.5, 0.6) is 5.75 Å². The van der Waals surface area contributed by atoms with E-state index >= 15 is 0 Å². The predicted molar refractivity (Wildman–Crippen MR) is 135 cm³/mol. The van der Waals surface area contributed by atoms with E-state index in [9.17, 15) is 22.4 Å². The molecule has 2 aromatic rings. The van der Waals surface area contributed by atoms with E-state index in [1.807, 2.05) is 0 Å². The van der Waals surface area contributed by atoms with Crippen molar-refractivity contribution < 1.29 is 46.0 Å². The van der Waals surface area contributed by atoms with Crippen LogP contribution in [0, 0.1) is 18.7 Å². The van der Waals surface area contributed by atoms with E-state index in [2.05, 4.69) is 15.3 Å². The third kappa shape index (κ3) is 5.57. The molecule has 0 radical (unpaired) electrons. The lowest BCUT2D eigenvalue weighted by Gasteiger charge is -2.32. The summed E-state index contributed by atoms with van der Waals surface area (Å²) in [7, 11) is 1.45. The molecule has 4 atom stereocenters. The van der Waals surface area contributed by atoms with Crippen LogP contribution in [-0.2, 0) is 23.7 Å². The van der Waals surface area contributed by atoms with Crippen LogP contribution in [0.2, 0.25) is 0 Å². The highest BCUT2D eigenvalue weighted by atomic mass is 19.4. The molecule has 2 aliphatic heterocycles. The number of halogens is 4. The van der Waals surface area contributed by atoms with Gasteiger partial charge in [0, 0.05) is 43.9 Å². The zero-order valence-electron chi connectivity index (χ0n) is 22.9. The third-order valence-electron chi connectivity index (χ3n) is 7.14. The number of anilines is 1. The molecule has 4 rings (SSSR count). The Kier molecular flexibility index (Phi) is 8.01. The average Bonchev–Trinajstić information content (AvgIpc) is 3.39. The Bertz CT molecular complexity index is 1280. The number of methoxy groups -OCH3 is 1. The Morgan fingerprint density at radius 1 is 1.15 bits per heavy atom. The predicted octanol–water partition coefficient (Wildman–Crippen LogP) is 5.11. The Morgan fingerprint density at radius 2 is 1.82 bits per heavy atom. The van der Waals surface area contributed by atoms with Gasteiger partial charge in [0.1, 0.15) is 30.5 Å². The van der Waals surface area contributed by atoms with E-state index < -0.39 is 47.2 Å². The number of nitrogens with one attached hydrogen (secondary N) is 1. The van der Waals surface area contributed by atoms with Crippen molar-refractivity contribution in [1.29, 1.82) is 0 Å². The molecular weight excluding hydrogens is 538 g/mol. The van der Waals surface area contributed by atoms with Crippen molar-refractivity contribution in [2.24, 2.45) is 5.92 Å². The second-order valence-corrected chi connectivity index (χ2v) is 10.3. The van der Waals surface area contributed by atoms with Gasteiger partial charge in [-0.25, -0.2) is 14.4 Å². The Labute approximate surface area is 228 Å². The summed E-state index contributed by atoms with van der Waals surface area (Å²) in [6, 6.07) is 2.46. The summed E-state index contributed by atoms with van der Waals surface area (Å²) in [6.07, 6.45) is -2.48. The normalized spacial score (nSPS) is 25.6. The highest BCUT2D eigenvalue weighted by Crippen LogP contribution is 2.55. The summed E-state index contributed by atoms with van der Waals surface area (Å²) in [6.45, 7) is 7.29. The zero-order chi connectivity index (χ0) is 29.5. The van der Waals surface area contributed by atoms with Crippen LogP contribution < -0.4 is 10.1 Å². The number of ether oxygens (including phenoxy) is 5. The van der Waals surface area contributed by atoms with Gasteiger partial charge < -0.3 is 29.0 Å². The fourth-order valence-corrected chi connectivity index (χ4v) is 4.73. The van der Waals surface area contributed by atoms with Gasteiger partial charge >= 0.3 is 6.18 Å². The molecule has 2 aliphatic rings. The Morgan fingerprint density at radius 3 is 2.40 bits per heavy atom. The van der Waals surface area contributed by atoms with Crippen molar-refractivity contribution in [2.75, 3.05) is 25.6 Å². The fourth-order valence-electron chi connectivity index (χ4n) is 4.73. The van der Waals surface area contributed by atoms with Crippen molar-refractivity contribution in [2.45, 2.75) is 64.2 Å². The Hall–Kier alpha value is -3.45. The van der Waals surface area contributed by atoms with Crippen LogP contribution in [0.15, 0.2) is 30.8 Å². The van der Waals surface area contributed by atoms with Gasteiger partial charge in [0.15, 0.2) is 11.4 Å². The van der Waals surface area contributed by atoms with E-state index in [4.69, 9.17) is 23.7 Å². The molecule has 0 unspecified atom stereocenters. The van der Waals surface area contributed by atoms with Crippen LogP contribution in [-0.4, -0.2) is 59.9 Å². The van der Waals surface area contributed by atoms with Crippen LogP contribution in [0.3, 0.4) is 0 Å². The molecule has 1 saturated heterocycles. The summed E-state index contributed by atoms with van der Waals surface area (Å²) in [5, 5.41) is 2.54. The van der Waals surface area contributed by atoms with Crippen LogP contribution in [0.4, 0.5) is 23.2 Å². The number of nitrogens with zero attached hydrogens (tertiary/aromatic N) is 2. The van der Waals surface area contributed by atoms with Crippen molar-refractivity contribution in [3.05, 3.63) is 53.6 Å². The van der Waals surface area contributed by atoms with Crippen LogP contribution in [0.25, 0.3) is 5.76 Å². The highest BCUT2D eigenvalue weighted by Gasteiger charge is 2.65. The average molecular weight is 570 g/mol. The van der Waals surface area contributed by atoms with Crippen molar-refractivity contribution >= 4 is 17.4 Å². The maximum atomic E-state index is 14.5. The second-order valence-electron chi connectivity index (χ2n) is 10.3. The fraction of sp³-hybridized carbons (Fsp3) is 0.519. The highest BCUT2D eigenvalue weighted by molar-refractivity contribution is 5.95. The van der Waals surface area contributed by atoms with Crippen molar-refractivity contribution in [3.8, 4) is 5.75 Å². The first kappa shape index (κ1) is 29.5. The van der Waals surface area contributed by atoms with Crippen molar-refractivity contribution in [3.63, 3.8) is 0 Å². The summed E-state index contributed by atoms with van der Waals surface area (Å²) >= 11 is 0. The molecule has 40 heavy (non-hydrogen) atoms. The van der Waals surface area contributed by atoms with E-state index in [-0.39, 0.29) is 47.4 Å². The van der Waals surface area contributed by atoms with Gasteiger partial charge in [-0.15, -0.1) is 0 Å². The minimum absolute atomic E-state index is 0.0230. The summed E-state index contributed by atoms with van der Waals surface area (Å²) in [5.41, 5.74) is -2.24. The number of rotatable bonds is 8. The zero-order valence-corrected chi connectivity index (χ0v) is 22.9. The molecule has 13 heteroatoms. The molecule has 1 fully saturated rings. The molecule has 0 aliphatic carbocycles. The standard InChI is InChI=1S/C27H31F4N3O6/c1-14-18(28)8-7-17(21(14)37-10-9-36-6)20-15(2)26(5,27(29,30)31)40-22(20)24(35)34-16-11-32-23(33-12-16)19-13-38-25(3,4)39-19/h7-8,11-13,15,20,22H,9-10H2,1-6H3,(H,34,35)/t15-,20-,22+,26+/m0/s1.